The molecule has 0 radical (unpaired) electrons. The largest absolute Gasteiger partial charge is 0.379 e. The van der Waals surface area contributed by atoms with E-state index in [0.717, 1.165) is 19.4 Å². The van der Waals surface area contributed by atoms with Gasteiger partial charge in [-0.15, -0.1) is 10.2 Å². The third-order valence-electron chi connectivity index (χ3n) is 2.24. The maximum absolute atomic E-state index is 5.88. The number of halogens is 2. The highest BCUT2D eigenvalue weighted by atomic mass is 35.5. The van der Waals surface area contributed by atoms with Crippen molar-refractivity contribution in [1.29, 1.82) is 0 Å². The van der Waals surface area contributed by atoms with Gasteiger partial charge in [-0.05, 0) is 12.8 Å². The Bertz CT molecular complexity index is 342. The molecule has 1 aromatic rings. The first-order chi connectivity index (χ1) is 7.25. The number of hydrogen-bond donors (Lipinski definition) is 1. The molecule has 2 rings (SSSR count). The molecule has 15 heavy (non-hydrogen) atoms. The lowest BCUT2D eigenvalue weighted by molar-refractivity contribution is 0.0876. The van der Waals surface area contributed by atoms with E-state index in [-0.39, 0.29) is 6.04 Å². The van der Waals surface area contributed by atoms with E-state index in [4.69, 9.17) is 27.9 Å². The molecule has 1 atom stereocenters. The van der Waals surface area contributed by atoms with Gasteiger partial charge in [0.25, 0.3) is 0 Å². The first-order valence-corrected chi connectivity index (χ1v) is 5.54. The highest BCUT2D eigenvalue weighted by molar-refractivity contribution is 6.33. The second kappa shape index (κ2) is 4.96. The third kappa shape index (κ3) is 2.93. The summed E-state index contributed by atoms with van der Waals surface area (Å²) < 4.78 is 5.35. The van der Waals surface area contributed by atoms with Gasteiger partial charge in [-0.25, -0.2) is 0 Å². The summed E-state index contributed by atoms with van der Waals surface area (Å²) in [7, 11) is 0. The van der Waals surface area contributed by atoms with E-state index in [0.29, 0.717) is 22.6 Å². The van der Waals surface area contributed by atoms with E-state index in [9.17, 15) is 0 Å². The molecule has 0 bridgehead atoms. The Hall–Kier alpha value is -0.580. The summed E-state index contributed by atoms with van der Waals surface area (Å²) in [6.45, 7) is 1.53. The van der Waals surface area contributed by atoms with Gasteiger partial charge < -0.3 is 10.1 Å². The van der Waals surface area contributed by atoms with Crippen molar-refractivity contribution < 1.29 is 4.74 Å². The zero-order valence-corrected chi connectivity index (χ0v) is 9.55. The van der Waals surface area contributed by atoms with E-state index in [1.165, 1.54) is 0 Å². The van der Waals surface area contributed by atoms with Crippen LogP contribution in [0.5, 0.6) is 0 Å². The van der Waals surface area contributed by atoms with Gasteiger partial charge in [-0.3, -0.25) is 0 Å². The minimum absolute atomic E-state index is 0.275. The number of nitrogens with one attached hydrogen (secondary N) is 1. The average molecular weight is 248 g/mol. The Kier molecular flexibility index (Phi) is 3.61. The lowest BCUT2D eigenvalue weighted by atomic mass is 10.1. The first-order valence-electron chi connectivity index (χ1n) is 4.79. The number of anilines is 1. The SMILES string of the molecule is Clc1cc(NC2CCCOC2)c(Cl)nn1. The monoisotopic (exact) mass is 247 g/mol. The quantitative estimate of drug-likeness (QED) is 0.872. The Labute approximate surface area is 97.9 Å². The number of hydrogen-bond acceptors (Lipinski definition) is 4. The van der Waals surface area contributed by atoms with Crippen LogP contribution in [0, 0.1) is 0 Å². The fourth-order valence-corrected chi connectivity index (χ4v) is 1.82. The summed E-state index contributed by atoms with van der Waals surface area (Å²) in [5.41, 5.74) is 0.715. The van der Waals surface area contributed by atoms with Crippen LogP contribution in [0.15, 0.2) is 6.07 Å². The van der Waals surface area contributed by atoms with Crippen LogP contribution in [-0.4, -0.2) is 29.5 Å². The molecule has 1 N–H and O–H groups in total. The maximum Gasteiger partial charge on any atom is 0.174 e. The second-order valence-corrected chi connectivity index (χ2v) is 4.18. The van der Waals surface area contributed by atoms with Crippen molar-refractivity contribution in [2.75, 3.05) is 18.5 Å². The summed E-state index contributed by atoms with van der Waals surface area (Å²) in [5, 5.41) is 11.3. The predicted octanol–water partition coefficient (Wildman–Crippen LogP) is 2.37. The van der Waals surface area contributed by atoms with Crippen LogP contribution in [0.2, 0.25) is 10.3 Å². The van der Waals surface area contributed by atoms with Crippen molar-refractivity contribution in [2.45, 2.75) is 18.9 Å². The molecule has 1 saturated heterocycles. The Balaban J connectivity index is 2.05. The zero-order valence-electron chi connectivity index (χ0n) is 8.04. The first kappa shape index (κ1) is 10.9. The summed E-state index contributed by atoms with van der Waals surface area (Å²) in [4.78, 5) is 0. The van der Waals surface area contributed by atoms with E-state index in [1.54, 1.807) is 6.07 Å². The molecule has 2 heterocycles. The lowest BCUT2D eigenvalue weighted by Crippen LogP contribution is -2.30. The van der Waals surface area contributed by atoms with Gasteiger partial charge in [0.1, 0.15) is 0 Å². The number of rotatable bonds is 2. The van der Waals surface area contributed by atoms with Gasteiger partial charge in [0.2, 0.25) is 0 Å². The molecule has 82 valence electrons. The number of aromatic nitrogens is 2. The Morgan fingerprint density at radius 2 is 2.27 bits per heavy atom. The second-order valence-electron chi connectivity index (χ2n) is 3.43. The van der Waals surface area contributed by atoms with Crippen molar-refractivity contribution >= 4 is 28.9 Å². The Morgan fingerprint density at radius 1 is 1.40 bits per heavy atom. The molecule has 0 saturated carbocycles. The molecule has 0 amide bonds. The molecule has 0 aliphatic carbocycles. The molecule has 0 aromatic carbocycles. The van der Waals surface area contributed by atoms with Crippen LogP contribution in [-0.2, 0) is 4.74 Å². The van der Waals surface area contributed by atoms with Crippen molar-refractivity contribution in [3.05, 3.63) is 16.4 Å². The van der Waals surface area contributed by atoms with Crippen LogP contribution in [0.1, 0.15) is 12.8 Å². The fourth-order valence-electron chi connectivity index (χ4n) is 1.53. The standard InChI is InChI=1S/C9H11Cl2N3O/c10-8-4-7(9(11)14-13-8)12-6-2-1-3-15-5-6/h4,6H,1-3,5H2,(H,12,13). The highest BCUT2D eigenvalue weighted by Crippen LogP contribution is 2.23. The van der Waals surface area contributed by atoms with Crippen LogP contribution in [0.4, 0.5) is 5.69 Å². The molecule has 1 unspecified atom stereocenters. The van der Waals surface area contributed by atoms with Gasteiger partial charge in [0.05, 0.1) is 12.3 Å². The molecular weight excluding hydrogens is 237 g/mol. The van der Waals surface area contributed by atoms with Crippen molar-refractivity contribution in [3.63, 3.8) is 0 Å². The maximum atomic E-state index is 5.88. The molecule has 4 nitrogen and oxygen atoms in total. The van der Waals surface area contributed by atoms with Crippen LogP contribution < -0.4 is 5.32 Å². The number of nitrogens with zero attached hydrogens (tertiary/aromatic N) is 2. The van der Waals surface area contributed by atoms with E-state index in [2.05, 4.69) is 15.5 Å². The minimum atomic E-state index is 0.275. The lowest BCUT2D eigenvalue weighted by Gasteiger charge is -2.24. The van der Waals surface area contributed by atoms with Crippen LogP contribution in [0.25, 0.3) is 0 Å². The van der Waals surface area contributed by atoms with Crippen LogP contribution in [0.3, 0.4) is 0 Å². The molecule has 6 heteroatoms. The Morgan fingerprint density at radius 3 is 3.00 bits per heavy atom. The van der Waals surface area contributed by atoms with Gasteiger partial charge in [-0.2, -0.15) is 0 Å². The molecular formula is C9H11Cl2N3O. The summed E-state index contributed by atoms with van der Waals surface area (Å²) in [5.74, 6) is 0. The number of ether oxygens (including phenoxy) is 1. The van der Waals surface area contributed by atoms with Crippen molar-refractivity contribution in [3.8, 4) is 0 Å². The summed E-state index contributed by atoms with van der Waals surface area (Å²) in [6, 6.07) is 1.95. The smallest absolute Gasteiger partial charge is 0.174 e. The predicted molar refractivity (Wildman–Crippen MR) is 59.5 cm³/mol. The molecule has 0 spiro atoms. The van der Waals surface area contributed by atoms with Gasteiger partial charge in [0, 0.05) is 18.7 Å². The highest BCUT2D eigenvalue weighted by Gasteiger charge is 2.15. The fraction of sp³-hybridized carbons (Fsp3) is 0.556. The third-order valence-corrected chi connectivity index (χ3v) is 2.70. The normalized spacial score (nSPS) is 21.3. The zero-order chi connectivity index (χ0) is 10.7. The topological polar surface area (TPSA) is 47.0 Å². The van der Waals surface area contributed by atoms with E-state index in [1.807, 2.05) is 0 Å². The summed E-state index contributed by atoms with van der Waals surface area (Å²) >= 11 is 11.6. The minimum Gasteiger partial charge on any atom is -0.379 e. The molecule has 1 aliphatic heterocycles. The summed E-state index contributed by atoms with van der Waals surface area (Å²) in [6.07, 6.45) is 2.12. The van der Waals surface area contributed by atoms with E-state index < -0.39 is 0 Å². The molecule has 1 aliphatic rings. The van der Waals surface area contributed by atoms with Gasteiger partial charge in [0.15, 0.2) is 10.3 Å². The van der Waals surface area contributed by atoms with Crippen molar-refractivity contribution in [2.24, 2.45) is 0 Å². The van der Waals surface area contributed by atoms with E-state index >= 15 is 0 Å². The van der Waals surface area contributed by atoms with Crippen molar-refractivity contribution in [1.82, 2.24) is 10.2 Å². The van der Waals surface area contributed by atoms with Gasteiger partial charge in [-0.1, -0.05) is 23.2 Å². The average Bonchev–Trinajstić information content (AvgIpc) is 2.25. The van der Waals surface area contributed by atoms with Crippen LogP contribution >= 0.6 is 23.2 Å². The van der Waals surface area contributed by atoms with Gasteiger partial charge >= 0.3 is 0 Å². The molecule has 1 aromatic heterocycles. The molecule has 1 fully saturated rings.